The highest BCUT2D eigenvalue weighted by Crippen LogP contribution is 2.40. The first-order valence-corrected chi connectivity index (χ1v) is 12.9. The van der Waals surface area contributed by atoms with Gasteiger partial charge in [0, 0.05) is 28.5 Å². The average molecular weight is 547 g/mol. The number of imidazole rings is 1. The Labute approximate surface area is 230 Å². The number of ether oxygens (including phenoxy) is 3. The maximum atomic E-state index is 6.56. The van der Waals surface area contributed by atoms with Crippen LogP contribution in [0, 0.1) is 0 Å². The Morgan fingerprint density at radius 2 is 1.82 bits per heavy atom. The van der Waals surface area contributed by atoms with E-state index in [4.69, 9.17) is 37.4 Å². The number of benzene rings is 3. The van der Waals surface area contributed by atoms with Crippen molar-refractivity contribution < 1.29 is 14.2 Å². The van der Waals surface area contributed by atoms with E-state index >= 15 is 0 Å². The van der Waals surface area contributed by atoms with Gasteiger partial charge in [0.05, 0.1) is 42.1 Å². The van der Waals surface area contributed by atoms with Crippen LogP contribution >= 0.6 is 23.2 Å². The van der Waals surface area contributed by atoms with Crippen LogP contribution in [-0.2, 0) is 21.8 Å². The second-order valence-electron chi connectivity index (χ2n) is 8.96. The molecular formula is C29H24Cl2N4O3. The maximum Gasteiger partial charge on any atom is 0.215 e. The van der Waals surface area contributed by atoms with Gasteiger partial charge in [0.15, 0.2) is 0 Å². The third kappa shape index (κ3) is 5.06. The Balaban J connectivity index is 1.15. The highest BCUT2D eigenvalue weighted by Gasteiger charge is 2.45. The third-order valence-electron chi connectivity index (χ3n) is 6.38. The van der Waals surface area contributed by atoms with Crippen molar-refractivity contribution in [1.29, 1.82) is 0 Å². The summed E-state index contributed by atoms with van der Waals surface area (Å²) in [5.41, 5.74) is 3.75. The van der Waals surface area contributed by atoms with Gasteiger partial charge >= 0.3 is 0 Å². The molecule has 7 nitrogen and oxygen atoms in total. The number of hydrogen-bond acceptors (Lipinski definition) is 5. The first kappa shape index (κ1) is 24.7. The van der Waals surface area contributed by atoms with Crippen LogP contribution in [-0.4, -0.2) is 38.6 Å². The highest BCUT2D eigenvalue weighted by molar-refractivity contribution is 6.35. The Morgan fingerprint density at radius 1 is 0.974 bits per heavy atom. The summed E-state index contributed by atoms with van der Waals surface area (Å²) in [6.07, 6.45) is 6.78. The summed E-state index contributed by atoms with van der Waals surface area (Å²) >= 11 is 12.7. The minimum atomic E-state index is -1.09. The molecule has 0 aliphatic carbocycles. The fourth-order valence-corrected chi connectivity index (χ4v) is 5.14. The molecule has 9 heteroatoms. The zero-order chi connectivity index (χ0) is 26.0. The summed E-state index contributed by atoms with van der Waals surface area (Å²) in [7, 11) is 0. The molecule has 1 aliphatic rings. The van der Waals surface area contributed by atoms with Crippen molar-refractivity contribution in [1.82, 2.24) is 19.3 Å². The van der Waals surface area contributed by atoms with E-state index in [0.29, 0.717) is 35.4 Å². The number of aromatic nitrogens is 4. The molecule has 0 amide bonds. The van der Waals surface area contributed by atoms with Crippen LogP contribution in [0.5, 0.6) is 5.75 Å². The van der Waals surface area contributed by atoms with E-state index in [0.717, 1.165) is 22.7 Å². The molecule has 0 bridgehead atoms. The standard InChI is InChI=1S/C29H24Cl2N4O3/c30-22-8-11-26(27(31)16-22)29(19-34-15-14-32-20-34)37-18-25(38-29)17-36-24-9-6-21(7-10-24)28-12-13-33-35(28)23-4-2-1-3-5-23/h1-16,20,25H,17-19H2/t25-,29-/m1/s1. The van der Waals surface area contributed by atoms with E-state index < -0.39 is 5.79 Å². The molecule has 6 rings (SSSR count). The van der Waals surface area contributed by atoms with Crippen LogP contribution in [0.25, 0.3) is 16.9 Å². The van der Waals surface area contributed by atoms with Gasteiger partial charge < -0.3 is 18.8 Å². The Morgan fingerprint density at radius 3 is 2.58 bits per heavy atom. The predicted octanol–water partition coefficient (Wildman–Crippen LogP) is 6.39. The summed E-state index contributed by atoms with van der Waals surface area (Å²) in [6, 6.07) is 25.3. The molecule has 0 unspecified atom stereocenters. The maximum absolute atomic E-state index is 6.56. The van der Waals surface area contributed by atoms with Gasteiger partial charge in [0.1, 0.15) is 18.5 Å². The van der Waals surface area contributed by atoms with E-state index in [1.165, 1.54) is 0 Å². The number of nitrogens with zero attached hydrogens (tertiary/aromatic N) is 4. The normalized spacial score (nSPS) is 19.1. The van der Waals surface area contributed by atoms with Gasteiger partial charge in [-0.05, 0) is 54.6 Å². The smallest absolute Gasteiger partial charge is 0.215 e. The highest BCUT2D eigenvalue weighted by atomic mass is 35.5. The van der Waals surface area contributed by atoms with Crippen LogP contribution < -0.4 is 4.74 Å². The molecule has 0 spiro atoms. The number of hydrogen-bond donors (Lipinski definition) is 0. The number of halogens is 2. The van der Waals surface area contributed by atoms with Crippen LogP contribution in [0.1, 0.15) is 5.56 Å². The number of para-hydroxylation sites is 1. The van der Waals surface area contributed by atoms with Crippen LogP contribution in [0.15, 0.2) is 104 Å². The minimum absolute atomic E-state index is 0.301. The molecule has 3 aromatic carbocycles. The third-order valence-corrected chi connectivity index (χ3v) is 6.93. The quantitative estimate of drug-likeness (QED) is 0.225. The zero-order valence-electron chi connectivity index (χ0n) is 20.3. The molecule has 2 aromatic heterocycles. The summed E-state index contributed by atoms with van der Waals surface area (Å²) in [5, 5.41) is 5.50. The minimum Gasteiger partial charge on any atom is -0.491 e. The lowest BCUT2D eigenvalue weighted by molar-refractivity contribution is -0.189. The first-order chi connectivity index (χ1) is 18.6. The van der Waals surface area contributed by atoms with E-state index in [1.807, 2.05) is 82.2 Å². The fourth-order valence-electron chi connectivity index (χ4n) is 4.58. The molecule has 5 aromatic rings. The Bertz CT molecular complexity index is 1510. The van der Waals surface area contributed by atoms with Crippen molar-refractivity contribution in [2.24, 2.45) is 0 Å². The van der Waals surface area contributed by atoms with E-state index in [-0.39, 0.29) is 6.10 Å². The Kier molecular flexibility index (Phi) is 6.91. The van der Waals surface area contributed by atoms with Crippen LogP contribution in [0.3, 0.4) is 0 Å². The molecule has 2 atom stereocenters. The van der Waals surface area contributed by atoms with Gasteiger partial charge in [-0.3, -0.25) is 0 Å². The molecule has 0 saturated carbocycles. The summed E-state index contributed by atoms with van der Waals surface area (Å²) in [6.45, 7) is 1.05. The van der Waals surface area contributed by atoms with E-state index in [9.17, 15) is 0 Å². The molecule has 1 fully saturated rings. The van der Waals surface area contributed by atoms with E-state index in [1.54, 1.807) is 30.9 Å². The topological polar surface area (TPSA) is 63.3 Å². The number of rotatable bonds is 8. The summed E-state index contributed by atoms with van der Waals surface area (Å²) in [4.78, 5) is 4.14. The Hall–Kier alpha value is -3.62. The second-order valence-corrected chi connectivity index (χ2v) is 9.81. The monoisotopic (exact) mass is 546 g/mol. The van der Waals surface area contributed by atoms with Crippen molar-refractivity contribution >= 4 is 23.2 Å². The summed E-state index contributed by atoms with van der Waals surface area (Å²) in [5.74, 6) is -0.351. The van der Waals surface area contributed by atoms with Gasteiger partial charge in [-0.1, -0.05) is 47.5 Å². The molecule has 192 valence electrons. The fraction of sp³-hybridized carbons (Fsp3) is 0.172. The SMILES string of the molecule is Clc1ccc([C@]2(Cn3ccnc3)OC[C@@H](COc3ccc(-c4ccnn4-c4ccccc4)cc3)O2)c(Cl)c1. The van der Waals surface area contributed by atoms with E-state index in [2.05, 4.69) is 10.1 Å². The zero-order valence-corrected chi connectivity index (χ0v) is 21.8. The molecule has 3 heterocycles. The molecule has 1 saturated heterocycles. The average Bonchev–Trinajstić information content (AvgIpc) is 3.71. The van der Waals surface area contributed by atoms with Crippen molar-refractivity contribution in [3.05, 3.63) is 119 Å². The van der Waals surface area contributed by atoms with Crippen molar-refractivity contribution in [2.75, 3.05) is 13.2 Å². The lowest BCUT2D eigenvalue weighted by atomic mass is 10.1. The molecule has 1 aliphatic heterocycles. The van der Waals surface area contributed by atoms with Gasteiger partial charge in [-0.25, -0.2) is 9.67 Å². The predicted molar refractivity (Wildman–Crippen MR) is 146 cm³/mol. The molecule has 0 N–H and O–H groups in total. The van der Waals surface area contributed by atoms with Gasteiger partial charge in [-0.2, -0.15) is 5.10 Å². The van der Waals surface area contributed by atoms with Crippen LogP contribution in [0.2, 0.25) is 10.0 Å². The largest absolute Gasteiger partial charge is 0.491 e. The van der Waals surface area contributed by atoms with Gasteiger partial charge in [0.2, 0.25) is 5.79 Å². The molecule has 0 radical (unpaired) electrons. The second kappa shape index (κ2) is 10.6. The van der Waals surface area contributed by atoms with Crippen LogP contribution in [0.4, 0.5) is 0 Å². The van der Waals surface area contributed by atoms with Gasteiger partial charge in [-0.15, -0.1) is 0 Å². The molecular weight excluding hydrogens is 523 g/mol. The lowest BCUT2D eigenvalue weighted by Crippen LogP contribution is -2.34. The van der Waals surface area contributed by atoms with Crippen molar-refractivity contribution in [2.45, 2.75) is 18.4 Å². The van der Waals surface area contributed by atoms with Crippen molar-refractivity contribution in [3.8, 4) is 22.7 Å². The lowest BCUT2D eigenvalue weighted by Gasteiger charge is -2.30. The summed E-state index contributed by atoms with van der Waals surface area (Å²) < 4.78 is 22.6. The first-order valence-electron chi connectivity index (χ1n) is 12.2. The molecule has 38 heavy (non-hydrogen) atoms. The van der Waals surface area contributed by atoms with Crippen molar-refractivity contribution in [3.63, 3.8) is 0 Å². The van der Waals surface area contributed by atoms with Gasteiger partial charge in [0.25, 0.3) is 0 Å².